The minimum Gasteiger partial charge on any atom is -0.377 e. The van der Waals surface area contributed by atoms with Crippen molar-refractivity contribution in [3.05, 3.63) is 0 Å². The first kappa shape index (κ1) is 12.9. The summed E-state index contributed by atoms with van der Waals surface area (Å²) in [7, 11) is 0. The van der Waals surface area contributed by atoms with E-state index in [1.165, 1.54) is 32.1 Å². The van der Waals surface area contributed by atoms with Crippen molar-refractivity contribution in [3.8, 4) is 0 Å². The molecule has 3 fully saturated rings. The first-order valence-electron chi connectivity index (χ1n) is 7.78. The second-order valence-electron chi connectivity index (χ2n) is 8.15. The predicted octanol–water partition coefficient (Wildman–Crippen LogP) is 3.36. The Morgan fingerprint density at radius 3 is 2.33 bits per heavy atom. The zero-order valence-electron chi connectivity index (χ0n) is 12.5. The molecule has 0 aromatic carbocycles. The molecule has 2 saturated carbocycles. The average Bonchev–Trinajstić information content (AvgIpc) is 2.74. The molecule has 2 aliphatic carbocycles. The molecule has 0 radical (unpaired) electrons. The fourth-order valence-electron chi connectivity index (χ4n) is 4.48. The van der Waals surface area contributed by atoms with E-state index in [2.05, 4.69) is 33.0 Å². The van der Waals surface area contributed by atoms with E-state index in [4.69, 9.17) is 4.74 Å². The molecule has 18 heavy (non-hydrogen) atoms. The minimum absolute atomic E-state index is 0.341. The summed E-state index contributed by atoms with van der Waals surface area (Å²) in [6.07, 6.45) is 7.26. The fraction of sp³-hybridized carbons (Fsp3) is 1.00. The van der Waals surface area contributed by atoms with E-state index in [9.17, 15) is 0 Å². The van der Waals surface area contributed by atoms with Gasteiger partial charge in [-0.15, -0.1) is 0 Å². The summed E-state index contributed by atoms with van der Waals surface area (Å²) in [6.45, 7) is 10.6. The van der Waals surface area contributed by atoms with Gasteiger partial charge in [-0.05, 0) is 37.5 Å². The van der Waals surface area contributed by atoms with Gasteiger partial charge in [-0.25, -0.2) is 0 Å². The molecule has 104 valence electrons. The van der Waals surface area contributed by atoms with E-state index in [1.54, 1.807) is 0 Å². The van der Waals surface area contributed by atoms with Crippen LogP contribution < -0.4 is 5.32 Å². The lowest BCUT2D eigenvalue weighted by atomic mass is 9.57. The Balaban J connectivity index is 1.57. The first-order valence-corrected chi connectivity index (χ1v) is 7.78. The third kappa shape index (κ3) is 2.02. The van der Waals surface area contributed by atoms with Crippen LogP contribution >= 0.6 is 0 Å². The van der Waals surface area contributed by atoms with Crippen LogP contribution in [0, 0.1) is 16.7 Å². The molecule has 3 aliphatic rings. The molecule has 1 heterocycles. The average molecular weight is 251 g/mol. The van der Waals surface area contributed by atoms with E-state index in [0.29, 0.717) is 23.0 Å². The quantitative estimate of drug-likeness (QED) is 0.812. The van der Waals surface area contributed by atoms with Gasteiger partial charge in [-0.1, -0.05) is 27.7 Å². The SMILES string of the molecule is CC1(C)CCC(NC2C3CCOC3C2(C)C)CC1. The maximum Gasteiger partial charge on any atom is 0.0685 e. The summed E-state index contributed by atoms with van der Waals surface area (Å²) in [4.78, 5) is 0. The van der Waals surface area contributed by atoms with Gasteiger partial charge >= 0.3 is 0 Å². The Kier molecular flexibility index (Phi) is 3.02. The number of ether oxygens (including phenoxy) is 1. The molecule has 0 aromatic rings. The fourth-order valence-corrected chi connectivity index (χ4v) is 4.48. The lowest BCUT2D eigenvalue weighted by molar-refractivity contribution is -0.117. The lowest BCUT2D eigenvalue weighted by Gasteiger charge is -2.56. The van der Waals surface area contributed by atoms with Gasteiger partial charge < -0.3 is 10.1 Å². The highest BCUT2D eigenvalue weighted by Gasteiger charge is 2.59. The van der Waals surface area contributed by atoms with Crippen LogP contribution in [0.5, 0.6) is 0 Å². The highest BCUT2D eigenvalue weighted by atomic mass is 16.5. The zero-order valence-corrected chi connectivity index (χ0v) is 12.5. The van der Waals surface area contributed by atoms with E-state index < -0.39 is 0 Å². The molecule has 0 spiro atoms. The molecule has 3 atom stereocenters. The van der Waals surface area contributed by atoms with Gasteiger partial charge in [-0.3, -0.25) is 0 Å². The Morgan fingerprint density at radius 1 is 1.00 bits per heavy atom. The van der Waals surface area contributed by atoms with Crippen LogP contribution in [0.4, 0.5) is 0 Å². The summed E-state index contributed by atoms with van der Waals surface area (Å²) < 4.78 is 5.88. The van der Waals surface area contributed by atoms with Crippen molar-refractivity contribution in [3.63, 3.8) is 0 Å². The first-order chi connectivity index (χ1) is 8.40. The summed E-state index contributed by atoms with van der Waals surface area (Å²) >= 11 is 0. The van der Waals surface area contributed by atoms with Crippen LogP contribution in [0.15, 0.2) is 0 Å². The van der Waals surface area contributed by atoms with Gasteiger partial charge in [0.05, 0.1) is 6.10 Å². The second-order valence-corrected chi connectivity index (χ2v) is 8.15. The monoisotopic (exact) mass is 251 g/mol. The molecule has 0 aromatic heterocycles. The van der Waals surface area contributed by atoms with Crippen molar-refractivity contribution in [1.82, 2.24) is 5.32 Å². The molecule has 3 unspecified atom stereocenters. The maximum atomic E-state index is 5.88. The normalized spacial score (nSPS) is 42.3. The molecule has 1 saturated heterocycles. The lowest BCUT2D eigenvalue weighted by Crippen LogP contribution is -2.67. The molecule has 1 aliphatic heterocycles. The van der Waals surface area contributed by atoms with Gasteiger partial charge in [0.15, 0.2) is 0 Å². The Hall–Kier alpha value is -0.0800. The third-order valence-electron chi connectivity index (χ3n) is 5.85. The number of hydrogen-bond acceptors (Lipinski definition) is 2. The largest absolute Gasteiger partial charge is 0.377 e. The maximum absolute atomic E-state index is 5.88. The second kappa shape index (κ2) is 4.21. The van der Waals surface area contributed by atoms with E-state index in [1.807, 2.05) is 0 Å². The third-order valence-corrected chi connectivity index (χ3v) is 5.85. The Bertz CT molecular complexity index is 313. The summed E-state index contributed by atoms with van der Waals surface area (Å²) in [6, 6.07) is 1.44. The topological polar surface area (TPSA) is 21.3 Å². The number of nitrogens with one attached hydrogen (secondary N) is 1. The number of fused-ring (bicyclic) bond motifs is 1. The summed E-state index contributed by atoms with van der Waals surface area (Å²) in [5, 5.41) is 3.97. The molecule has 1 N–H and O–H groups in total. The van der Waals surface area contributed by atoms with Crippen molar-refractivity contribution < 1.29 is 4.74 Å². The van der Waals surface area contributed by atoms with Crippen molar-refractivity contribution in [1.29, 1.82) is 0 Å². The molecular formula is C16H29NO. The van der Waals surface area contributed by atoms with E-state index in [-0.39, 0.29) is 0 Å². The minimum atomic E-state index is 0.341. The standard InChI is InChI=1S/C16H29NO/c1-15(2)8-5-11(6-9-15)17-13-12-7-10-18-14(12)16(13,3)4/h11-14,17H,5-10H2,1-4H3. The van der Waals surface area contributed by atoms with Gasteiger partial charge in [0.1, 0.15) is 0 Å². The number of rotatable bonds is 2. The van der Waals surface area contributed by atoms with Gasteiger partial charge in [-0.2, -0.15) is 0 Å². The highest BCUT2D eigenvalue weighted by molar-refractivity contribution is 5.12. The summed E-state index contributed by atoms with van der Waals surface area (Å²) in [5.74, 6) is 0.787. The number of hydrogen-bond donors (Lipinski definition) is 1. The highest BCUT2D eigenvalue weighted by Crippen LogP contribution is 2.52. The van der Waals surface area contributed by atoms with Crippen molar-refractivity contribution in [2.45, 2.75) is 78.0 Å². The molecule has 0 bridgehead atoms. The van der Waals surface area contributed by atoms with E-state index in [0.717, 1.165) is 18.6 Å². The molecule has 2 heteroatoms. The Labute approximate surface area is 112 Å². The van der Waals surface area contributed by atoms with Crippen LogP contribution in [0.2, 0.25) is 0 Å². The van der Waals surface area contributed by atoms with Crippen LogP contribution in [0.3, 0.4) is 0 Å². The van der Waals surface area contributed by atoms with Crippen molar-refractivity contribution >= 4 is 0 Å². The van der Waals surface area contributed by atoms with Gasteiger partial charge in [0.2, 0.25) is 0 Å². The predicted molar refractivity (Wildman–Crippen MR) is 74.6 cm³/mol. The summed E-state index contributed by atoms with van der Waals surface area (Å²) in [5.41, 5.74) is 0.917. The Morgan fingerprint density at radius 2 is 1.67 bits per heavy atom. The van der Waals surface area contributed by atoms with Crippen LogP contribution in [-0.2, 0) is 4.74 Å². The van der Waals surface area contributed by atoms with E-state index >= 15 is 0 Å². The molecular weight excluding hydrogens is 222 g/mol. The smallest absolute Gasteiger partial charge is 0.0685 e. The molecule has 0 amide bonds. The van der Waals surface area contributed by atoms with Gasteiger partial charge in [0.25, 0.3) is 0 Å². The van der Waals surface area contributed by atoms with Crippen LogP contribution in [0.25, 0.3) is 0 Å². The van der Waals surface area contributed by atoms with Crippen LogP contribution in [-0.4, -0.2) is 24.8 Å². The van der Waals surface area contributed by atoms with Crippen molar-refractivity contribution in [2.24, 2.45) is 16.7 Å². The van der Waals surface area contributed by atoms with Crippen LogP contribution in [0.1, 0.15) is 59.8 Å². The molecule has 3 rings (SSSR count). The zero-order chi connectivity index (χ0) is 13.0. The van der Waals surface area contributed by atoms with Gasteiger partial charge in [0, 0.05) is 30.0 Å². The van der Waals surface area contributed by atoms with Crippen molar-refractivity contribution in [2.75, 3.05) is 6.61 Å². The molecule has 2 nitrogen and oxygen atoms in total.